The molecule has 1 amide bonds. The lowest BCUT2D eigenvalue weighted by Crippen LogP contribution is -2.34. The number of ether oxygens (including phenoxy) is 1. The van der Waals surface area contributed by atoms with Gasteiger partial charge in [-0.2, -0.15) is 0 Å². The summed E-state index contributed by atoms with van der Waals surface area (Å²) >= 11 is 1.72. The Bertz CT molecular complexity index is 896. The van der Waals surface area contributed by atoms with Crippen LogP contribution in [-0.2, 0) is 4.74 Å². The Morgan fingerprint density at radius 2 is 2.00 bits per heavy atom. The predicted octanol–water partition coefficient (Wildman–Crippen LogP) is 5.55. The van der Waals surface area contributed by atoms with E-state index in [4.69, 9.17) is 4.74 Å². The summed E-state index contributed by atoms with van der Waals surface area (Å²) in [7, 11) is 0. The highest BCUT2D eigenvalue weighted by Gasteiger charge is 2.20. The highest BCUT2D eigenvalue weighted by molar-refractivity contribution is 7.17. The molecule has 1 aromatic carbocycles. The van der Waals surface area contributed by atoms with Crippen molar-refractivity contribution in [2.75, 3.05) is 0 Å². The van der Waals surface area contributed by atoms with Crippen molar-refractivity contribution in [1.29, 1.82) is 0 Å². The SMILES string of the molecule is CC(NC(=O)OC(C)(C)C)c1cnccc1-c1cccc2ccsc12. The van der Waals surface area contributed by atoms with Crippen molar-refractivity contribution in [3.8, 4) is 11.1 Å². The molecule has 1 N–H and O–H groups in total. The Morgan fingerprint density at radius 3 is 2.76 bits per heavy atom. The van der Waals surface area contributed by atoms with Crippen molar-refractivity contribution in [2.24, 2.45) is 0 Å². The first kappa shape index (κ1) is 17.4. The first-order valence-electron chi connectivity index (χ1n) is 8.25. The van der Waals surface area contributed by atoms with Crippen LogP contribution in [-0.4, -0.2) is 16.7 Å². The number of thiophene rings is 1. The Labute approximate surface area is 151 Å². The van der Waals surface area contributed by atoms with Crippen LogP contribution in [0.15, 0.2) is 48.1 Å². The number of fused-ring (bicyclic) bond motifs is 1. The van der Waals surface area contributed by atoms with E-state index >= 15 is 0 Å². The summed E-state index contributed by atoms with van der Waals surface area (Å²) in [6.45, 7) is 7.50. The summed E-state index contributed by atoms with van der Waals surface area (Å²) in [5, 5.41) is 6.22. The molecule has 0 bridgehead atoms. The number of carbonyl (C=O) groups is 1. The van der Waals surface area contributed by atoms with E-state index in [1.54, 1.807) is 17.5 Å². The molecule has 3 rings (SSSR count). The zero-order valence-corrected chi connectivity index (χ0v) is 15.7. The molecular formula is C20H22N2O2S. The fourth-order valence-electron chi connectivity index (χ4n) is 2.76. The van der Waals surface area contributed by atoms with E-state index in [2.05, 4.69) is 39.9 Å². The fourth-order valence-corrected chi connectivity index (χ4v) is 3.69. The number of pyridine rings is 1. The Balaban J connectivity index is 1.94. The third-order valence-electron chi connectivity index (χ3n) is 3.82. The van der Waals surface area contributed by atoms with Crippen LogP contribution in [0.2, 0.25) is 0 Å². The van der Waals surface area contributed by atoms with Gasteiger partial charge >= 0.3 is 6.09 Å². The van der Waals surface area contributed by atoms with Gasteiger partial charge in [0.15, 0.2) is 0 Å². The standard InChI is InChI=1S/C20H22N2O2S/c1-13(22-19(23)24-20(2,3)4)17-12-21-10-8-15(17)16-7-5-6-14-9-11-25-18(14)16/h5-13H,1-4H3,(H,22,23). The van der Waals surface area contributed by atoms with E-state index in [1.165, 1.54) is 10.1 Å². The zero-order valence-electron chi connectivity index (χ0n) is 14.9. The van der Waals surface area contributed by atoms with Crippen LogP contribution in [0.4, 0.5) is 4.79 Å². The molecule has 5 heteroatoms. The van der Waals surface area contributed by atoms with E-state index in [0.29, 0.717) is 0 Å². The van der Waals surface area contributed by atoms with Gasteiger partial charge in [0.25, 0.3) is 0 Å². The molecule has 25 heavy (non-hydrogen) atoms. The van der Waals surface area contributed by atoms with Gasteiger partial charge in [-0.1, -0.05) is 18.2 Å². The highest BCUT2D eigenvalue weighted by Crippen LogP contribution is 2.35. The molecule has 4 nitrogen and oxygen atoms in total. The van der Waals surface area contributed by atoms with E-state index in [-0.39, 0.29) is 6.04 Å². The third kappa shape index (κ3) is 3.99. The monoisotopic (exact) mass is 354 g/mol. The molecule has 0 aliphatic rings. The van der Waals surface area contributed by atoms with Crippen LogP contribution in [0.25, 0.3) is 21.2 Å². The summed E-state index contributed by atoms with van der Waals surface area (Å²) in [5.74, 6) is 0. The highest BCUT2D eigenvalue weighted by atomic mass is 32.1. The number of carbonyl (C=O) groups excluding carboxylic acids is 1. The van der Waals surface area contributed by atoms with Gasteiger partial charge in [-0.25, -0.2) is 4.79 Å². The van der Waals surface area contributed by atoms with Crippen molar-refractivity contribution in [3.05, 3.63) is 53.7 Å². The molecule has 1 atom stereocenters. The van der Waals surface area contributed by atoms with Crippen molar-refractivity contribution in [3.63, 3.8) is 0 Å². The summed E-state index contributed by atoms with van der Waals surface area (Å²) in [4.78, 5) is 16.4. The molecule has 0 aliphatic carbocycles. The number of alkyl carbamates (subject to hydrolysis) is 1. The van der Waals surface area contributed by atoms with Crippen molar-refractivity contribution < 1.29 is 9.53 Å². The smallest absolute Gasteiger partial charge is 0.408 e. The summed E-state index contributed by atoms with van der Waals surface area (Å²) in [6, 6.07) is 10.2. The minimum Gasteiger partial charge on any atom is -0.444 e. The molecule has 3 aromatic rings. The summed E-state index contributed by atoms with van der Waals surface area (Å²) < 4.78 is 6.60. The number of hydrogen-bond donors (Lipinski definition) is 1. The van der Waals surface area contributed by atoms with E-state index in [0.717, 1.165) is 16.7 Å². The molecule has 0 fully saturated rings. The molecule has 130 valence electrons. The van der Waals surface area contributed by atoms with E-state index < -0.39 is 11.7 Å². The fraction of sp³-hybridized carbons (Fsp3) is 0.300. The van der Waals surface area contributed by atoms with Crippen LogP contribution in [0.5, 0.6) is 0 Å². The maximum atomic E-state index is 12.1. The molecule has 2 aromatic heterocycles. The Hall–Kier alpha value is -2.40. The molecule has 1 unspecified atom stereocenters. The van der Waals surface area contributed by atoms with Crippen molar-refractivity contribution in [1.82, 2.24) is 10.3 Å². The predicted molar refractivity (Wildman–Crippen MR) is 103 cm³/mol. The molecule has 2 heterocycles. The van der Waals surface area contributed by atoms with Gasteiger partial charge in [-0.3, -0.25) is 4.98 Å². The van der Waals surface area contributed by atoms with Gasteiger partial charge in [-0.15, -0.1) is 11.3 Å². The number of aromatic nitrogens is 1. The summed E-state index contributed by atoms with van der Waals surface area (Å²) in [6.07, 6.45) is 3.17. The van der Waals surface area contributed by atoms with Gasteiger partial charge in [-0.05, 0) is 61.7 Å². The van der Waals surface area contributed by atoms with Crippen molar-refractivity contribution in [2.45, 2.75) is 39.3 Å². The zero-order chi connectivity index (χ0) is 18.0. The van der Waals surface area contributed by atoms with Crippen LogP contribution >= 0.6 is 11.3 Å². The number of nitrogens with one attached hydrogen (secondary N) is 1. The lowest BCUT2D eigenvalue weighted by atomic mass is 9.97. The maximum Gasteiger partial charge on any atom is 0.408 e. The third-order valence-corrected chi connectivity index (χ3v) is 4.78. The molecular weight excluding hydrogens is 332 g/mol. The lowest BCUT2D eigenvalue weighted by molar-refractivity contribution is 0.0508. The number of amides is 1. The second kappa shape index (κ2) is 6.84. The van der Waals surface area contributed by atoms with E-state index in [9.17, 15) is 4.79 Å². The largest absolute Gasteiger partial charge is 0.444 e. The normalized spacial score (nSPS) is 12.8. The Morgan fingerprint density at radius 1 is 1.20 bits per heavy atom. The molecule has 0 radical (unpaired) electrons. The summed E-state index contributed by atoms with van der Waals surface area (Å²) in [5.41, 5.74) is 2.67. The second-order valence-electron chi connectivity index (χ2n) is 6.98. The van der Waals surface area contributed by atoms with Crippen LogP contribution in [0.3, 0.4) is 0 Å². The van der Waals surface area contributed by atoms with Crippen molar-refractivity contribution >= 4 is 27.5 Å². The van der Waals surface area contributed by atoms with Crippen LogP contribution in [0, 0.1) is 0 Å². The number of nitrogens with zero attached hydrogens (tertiary/aromatic N) is 1. The van der Waals surface area contributed by atoms with Crippen LogP contribution in [0.1, 0.15) is 39.3 Å². The average molecular weight is 354 g/mol. The first-order valence-corrected chi connectivity index (χ1v) is 9.13. The van der Waals surface area contributed by atoms with Gasteiger partial charge in [0.2, 0.25) is 0 Å². The minimum atomic E-state index is -0.524. The topological polar surface area (TPSA) is 51.2 Å². The molecule has 0 saturated heterocycles. The van der Waals surface area contributed by atoms with E-state index in [1.807, 2.05) is 40.0 Å². The molecule has 0 aliphatic heterocycles. The average Bonchev–Trinajstić information content (AvgIpc) is 3.01. The van der Waals surface area contributed by atoms with Gasteiger partial charge < -0.3 is 10.1 Å². The second-order valence-corrected chi connectivity index (χ2v) is 7.89. The van der Waals surface area contributed by atoms with Gasteiger partial charge in [0.1, 0.15) is 5.60 Å². The number of rotatable bonds is 3. The molecule has 0 spiro atoms. The lowest BCUT2D eigenvalue weighted by Gasteiger charge is -2.23. The maximum absolute atomic E-state index is 12.1. The number of benzene rings is 1. The minimum absolute atomic E-state index is 0.214. The Kier molecular flexibility index (Phi) is 4.77. The number of hydrogen-bond acceptors (Lipinski definition) is 4. The molecule has 0 saturated carbocycles. The van der Waals surface area contributed by atoms with Crippen LogP contribution < -0.4 is 5.32 Å². The quantitative estimate of drug-likeness (QED) is 0.671. The van der Waals surface area contributed by atoms with Gasteiger partial charge in [0.05, 0.1) is 6.04 Å². The first-order chi connectivity index (χ1) is 11.8. The van der Waals surface area contributed by atoms with Gasteiger partial charge in [0, 0.05) is 22.7 Å².